The molecule has 0 unspecified atom stereocenters. The van der Waals surface area contributed by atoms with E-state index >= 15 is 0 Å². The summed E-state index contributed by atoms with van der Waals surface area (Å²) < 4.78 is 2.14. The zero-order valence-electron chi connectivity index (χ0n) is 11.5. The fraction of sp³-hybridized carbons (Fsp3) is 0.0556. The number of fused-ring (bicyclic) bond motifs is 2. The SMILES string of the molecule is Cn1cc(-c2ccc3cc(Cl)ccc3n2)c2ccccc21. The summed E-state index contributed by atoms with van der Waals surface area (Å²) in [6, 6.07) is 18.3. The van der Waals surface area contributed by atoms with Crippen LogP contribution in [0.4, 0.5) is 0 Å². The van der Waals surface area contributed by atoms with Crippen LogP contribution >= 0.6 is 11.6 Å². The smallest absolute Gasteiger partial charge is 0.0731 e. The Kier molecular flexibility index (Phi) is 2.72. The van der Waals surface area contributed by atoms with Gasteiger partial charge in [0.05, 0.1) is 11.2 Å². The first kappa shape index (κ1) is 12.4. The van der Waals surface area contributed by atoms with Gasteiger partial charge in [-0.3, -0.25) is 0 Å². The molecule has 0 aliphatic heterocycles. The molecule has 4 rings (SSSR count). The molecule has 3 heteroatoms. The van der Waals surface area contributed by atoms with Crippen LogP contribution in [0.5, 0.6) is 0 Å². The molecule has 2 aromatic carbocycles. The minimum absolute atomic E-state index is 0.738. The topological polar surface area (TPSA) is 17.8 Å². The predicted molar refractivity (Wildman–Crippen MR) is 88.7 cm³/mol. The van der Waals surface area contributed by atoms with Crippen LogP contribution < -0.4 is 0 Å². The first-order chi connectivity index (χ1) is 10.2. The van der Waals surface area contributed by atoms with E-state index in [0.29, 0.717) is 0 Å². The van der Waals surface area contributed by atoms with Crippen LogP contribution in [-0.2, 0) is 7.05 Å². The molecule has 0 aliphatic carbocycles. The minimum Gasteiger partial charge on any atom is -0.350 e. The van der Waals surface area contributed by atoms with Crippen LogP contribution in [0.15, 0.2) is 60.8 Å². The van der Waals surface area contributed by atoms with Crippen molar-refractivity contribution < 1.29 is 0 Å². The summed E-state index contributed by atoms with van der Waals surface area (Å²) in [4.78, 5) is 4.78. The van der Waals surface area contributed by atoms with Crippen LogP contribution in [0, 0.1) is 0 Å². The summed E-state index contributed by atoms with van der Waals surface area (Å²) in [5.41, 5.74) is 4.32. The van der Waals surface area contributed by atoms with Gasteiger partial charge in [-0.15, -0.1) is 0 Å². The summed E-state index contributed by atoms with van der Waals surface area (Å²) in [5.74, 6) is 0. The fourth-order valence-corrected chi connectivity index (χ4v) is 2.97. The summed E-state index contributed by atoms with van der Waals surface area (Å²) >= 11 is 6.03. The monoisotopic (exact) mass is 292 g/mol. The Balaban J connectivity index is 1.98. The number of pyridine rings is 1. The lowest BCUT2D eigenvalue weighted by molar-refractivity contribution is 0.969. The van der Waals surface area contributed by atoms with Gasteiger partial charge in [0.2, 0.25) is 0 Å². The molecule has 2 nitrogen and oxygen atoms in total. The van der Waals surface area contributed by atoms with E-state index in [2.05, 4.69) is 54.2 Å². The number of hydrogen-bond acceptors (Lipinski definition) is 1. The zero-order chi connectivity index (χ0) is 14.4. The Morgan fingerprint density at radius 3 is 2.76 bits per heavy atom. The van der Waals surface area contributed by atoms with Gasteiger partial charge in [-0.1, -0.05) is 35.9 Å². The van der Waals surface area contributed by atoms with Crippen LogP contribution in [-0.4, -0.2) is 9.55 Å². The summed E-state index contributed by atoms with van der Waals surface area (Å²) in [5, 5.41) is 3.02. The largest absolute Gasteiger partial charge is 0.350 e. The molecule has 0 N–H and O–H groups in total. The lowest BCUT2D eigenvalue weighted by Crippen LogP contribution is -1.85. The maximum Gasteiger partial charge on any atom is 0.0731 e. The molecule has 0 amide bonds. The molecule has 4 aromatic rings. The molecule has 0 saturated heterocycles. The number of para-hydroxylation sites is 1. The number of aromatic nitrogens is 2. The summed E-state index contributed by atoms with van der Waals surface area (Å²) in [6.07, 6.45) is 2.13. The second kappa shape index (κ2) is 4.61. The van der Waals surface area contributed by atoms with Gasteiger partial charge in [0.1, 0.15) is 0 Å². The van der Waals surface area contributed by atoms with Gasteiger partial charge in [0.25, 0.3) is 0 Å². The third-order valence-corrected chi connectivity index (χ3v) is 4.06. The maximum atomic E-state index is 6.03. The third kappa shape index (κ3) is 1.99. The van der Waals surface area contributed by atoms with Crippen molar-refractivity contribution in [1.29, 1.82) is 0 Å². The van der Waals surface area contributed by atoms with E-state index < -0.39 is 0 Å². The Morgan fingerprint density at radius 1 is 1.00 bits per heavy atom. The van der Waals surface area contributed by atoms with E-state index in [0.717, 1.165) is 27.2 Å². The van der Waals surface area contributed by atoms with Gasteiger partial charge in [0.15, 0.2) is 0 Å². The number of halogens is 1. The average Bonchev–Trinajstić information content (AvgIpc) is 2.84. The van der Waals surface area contributed by atoms with Crippen molar-refractivity contribution in [1.82, 2.24) is 9.55 Å². The first-order valence-corrected chi connectivity index (χ1v) is 7.21. The number of hydrogen-bond donors (Lipinski definition) is 0. The molecular weight excluding hydrogens is 280 g/mol. The molecule has 0 bridgehead atoms. The van der Waals surface area contributed by atoms with Gasteiger partial charge in [-0.05, 0) is 30.3 Å². The van der Waals surface area contributed by atoms with Crippen LogP contribution in [0.25, 0.3) is 33.1 Å². The minimum atomic E-state index is 0.738. The van der Waals surface area contributed by atoms with E-state index in [1.807, 2.05) is 18.2 Å². The second-order valence-corrected chi connectivity index (χ2v) is 5.64. The normalized spacial score (nSPS) is 11.3. The van der Waals surface area contributed by atoms with Crippen molar-refractivity contribution in [3.05, 3.63) is 65.8 Å². The van der Waals surface area contributed by atoms with Crippen molar-refractivity contribution in [2.75, 3.05) is 0 Å². The number of aryl methyl sites for hydroxylation is 1. The first-order valence-electron chi connectivity index (χ1n) is 6.83. The molecule has 0 radical (unpaired) electrons. The highest BCUT2D eigenvalue weighted by atomic mass is 35.5. The highest BCUT2D eigenvalue weighted by Crippen LogP contribution is 2.30. The van der Waals surface area contributed by atoms with Gasteiger partial charge in [0, 0.05) is 40.1 Å². The number of rotatable bonds is 1. The molecule has 102 valence electrons. The number of benzene rings is 2. The van der Waals surface area contributed by atoms with Crippen molar-refractivity contribution in [2.24, 2.45) is 7.05 Å². The number of nitrogens with zero attached hydrogens (tertiary/aromatic N) is 2. The van der Waals surface area contributed by atoms with Crippen molar-refractivity contribution in [3.63, 3.8) is 0 Å². The molecular formula is C18H13ClN2. The molecule has 21 heavy (non-hydrogen) atoms. The molecule has 0 fully saturated rings. The van der Waals surface area contributed by atoms with Gasteiger partial charge >= 0.3 is 0 Å². The molecule has 0 spiro atoms. The van der Waals surface area contributed by atoms with Crippen LogP contribution in [0.2, 0.25) is 5.02 Å². The highest BCUT2D eigenvalue weighted by Gasteiger charge is 2.09. The molecule has 0 aliphatic rings. The van der Waals surface area contributed by atoms with E-state index in [1.54, 1.807) is 0 Å². The standard InChI is InChI=1S/C18H13ClN2/c1-21-11-15(14-4-2-3-5-18(14)21)17-8-6-12-10-13(19)7-9-16(12)20-17/h2-11H,1H3. The van der Waals surface area contributed by atoms with E-state index in [9.17, 15) is 0 Å². The Bertz CT molecular complexity index is 969. The zero-order valence-corrected chi connectivity index (χ0v) is 12.3. The Morgan fingerprint density at radius 2 is 1.86 bits per heavy atom. The van der Waals surface area contributed by atoms with Crippen molar-refractivity contribution >= 4 is 33.4 Å². The highest BCUT2D eigenvalue weighted by molar-refractivity contribution is 6.31. The van der Waals surface area contributed by atoms with Crippen LogP contribution in [0.1, 0.15) is 0 Å². The molecule has 0 saturated carbocycles. The second-order valence-electron chi connectivity index (χ2n) is 5.20. The van der Waals surface area contributed by atoms with E-state index in [1.165, 1.54) is 10.9 Å². The van der Waals surface area contributed by atoms with Gasteiger partial charge in [-0.25, -0.2) is 4.98 Å². The van der Waals surface area contributed by atoms with Crippen molar-refractivity contribution in [2.45, 2.75) is 0 Å². The summed E-state index contributed by atoms with van der Waals surface area (Å²) in [6.45, 7) is 0. The lowest BCUT2D eigenvalue weighted by Gasteiger charge is -2.02. The van der Waals surface area contributed by atoms with Gasteiger partial charge in [-0.2, -0.15) is 0 Å². The molecule has 0 atom stereocenters. The van der Waals surface area contributed by atoms with E-state index in [4.69, 9.17) is 16.6 Å². The fourth-order valence-electron chi connectivity index (χ4n) is 2.79. The van der Waals surface area contributed by atoms with Gasteiger partial charge < -0.3 is 4.57 Å². The Hall–Kier alpha value is -2.32. The Labute approximate surface area is 127 Å². The maximum absolute atomic E-state index is 6.03. The molecule has 2 heterocycles. The van der Waals surface area contributed by atoms with Crippen molar-refractivity contribution in [3.8, 4) is 11.3 Å². The molecule has 2 aromatic heterocycles. The lowest BCUT2D eigenvalue weighted by atomic mass is 10.1. The quantitative estimate of drug-likeness (QED) is 0.480. The van der Waals surface area contributed by atoms with E-state index in [-0.39, 0.29) is 0 Å². The predicted octanol–water partition coefficient (Wildman–Crippen LogP) is 5.05. The summed E-state index contributed by atoms with van der Waals surface area (Å²) in [7, 11) is 2.06. The average molecular weight is 293 g/mol. The third-order valence-electron chi connectivity index (χ3n) is 3.82. The van der Waals surface area contributed by atoms with Crippen LogP contribution in [0.3, 0.4) is 0 Å².